The lowest BCUT2D eigenvalue weighted by Gasteiger charge is -2.15. The number of anilines is 2. The van der Waals surface area contributed by atoms with Crippen LogP contribution >= 0.6 is 11.8 Å². The number of hydrogen-bond acceptors (Lipinski definition) is 7. The summed E-state index contributed by atoms with van der Waals surface area (Å²) in [6.45, 7) is 1.76. The number of carbonyl (C=O) groups is 3. The SMILES string of the molecule is COc1cc(/C=C(\NC(=O)c2ccccc2)C(=O)Nc2ccc(SC(C)C(=O)Nc3ccc(F)cc3)cc2)cc(OC)c1OC. The normalized spacial score (nSPS) is 11.6. The Morgan fingerprint density at radius 3 is 1.93 bits per heavy atom. The van der Waals surface area contributed by atoms with Crippen LogP contribution in [-0.2, 0) is 9.59 Å². The van der Waals surface area contributed by atoms with Crippen molar-refractivity contribution in [3.8, 4) is 17.2 Å². The maximum atomic E-state index is 13.5. The number of amides is 3. The van der Waals surface area contributed by atoms with Gasteiger partial charge in [-0.3, -0.25) is 14.4 Å². The van der Waals surface area contributed by atoms with Gasteiger partial charge in [-0.15, -0.1) is 11.8 Å². The molecule has 0 aromatic heterocycles. The van der Waals surface area contributed by atoms with Crippen molar-refractivity contribution < 1.29 is 33.0 Å². The molecule has 0 saturated heterocycles. The Labute approximate surface area is 264 Å². The first-order valence-electron chi connectivity index (χ1n) is 13.7. The van der Waals surface area contributed by atoms with Gasteiger partial charge in [0, 0.05) is 21.8 Å². The summed E-state index contributed by atoms with van der Waals surface area (Å²) < 4.78 is 29.4. The predicted octanol–water partition coefficient (Wildman–Crippen LogP) is 6.38. The number of methoxy groups -OCH3 is 3. The van der Waals surface area contributed by atoms with Gasteiger partial charge in [-0.05, 0) is 91.4 Å². The van der Waals surface area contributed by atoms with Gasteiger partial charge >= 0.3 is 0 Å². The topological polar surface area (TPSA) is 115 Å². The highest BCUT2D eigenvalue weighted by molar-refractivity contribution is 8.00. The van der Waals surface area contributed by atoms with Crippen molar-refractivity contribution in [1.82, 2.24) is 5.32 Å². The molecule has 1 atom stereocenters. The summed E-state index contributed by atoms with van der Waals surface area (Å²) in [7, 11) is 4.45. The molecule has 9 nitrogen and oxygen atoms in total. The highest BCUT2D eigenvalue weighted by Crippen LogP contribution is 2.38. The van der Waals surface area contributed by atoms with Crippen LogP contribution in [0.1, 0.15) is 22.8 Å². The van der Waals surface area contributed by atoms with Crippen LogP contribution in [0.2, 0.25) is 0 Å². The quantitative estimate of drug-likeness (QED) is 0.123. The Balaban J connectivity index is 1.51. The Bertz CT molecular complexity index is 1650. The summed E-state index contributed by atoms with van der Waals surface area (Å²) in [6, 6.07) is 24.3. The third-order valence-corrected chi connectivity index (χ3v) is 7.54. The van der Waals surface area contributed by atoms with Gasteiger partial charge in [0.2, 0.25) is 11.7 Å². The zero-order chi connectivity index (χ0) is 32.3. The first-order chi connectivity index (χ1) is 21.7. The molecular formula is C34H32FN3O6S. The lowest BCUT2D eigenvalue weighted by molar-refractivity contribution is -0.115. The van der Waals surface area contributed by atoms with Crippen LogP contribution in [0, 0.1) is 5.82 Å². The molecule has 0 aliphatic heterocycles. The summed E-state index contributed by atoms with van der Waals surface area (Å²) >= 11 is 1.32. The number of ether oxygens (including phenoxy) is 3. The fraction of sp³-hybridized carbons (Fsp3) is 0.147. The molecule has 3 amide bonds. The molecule has 0 saturated carbocycles. The van der Waals surface area contributed by atoms with Crippen molar-refractivity contribution in [1.29, 1.82) is 0 Å². The molecule has 0 aliphatic rings. The minimum absolute atomic E-state index is 0.0253. The molecule has 0 spiro atoms. The number of nitrogens with one attached hydrogen (secondary N) is 3. The summed E-state index contributed by atoms with van der Waals surface area (Å²) in [4.78, 5) is 39.9. The van der Waals surface area contributed by atoms with E-state index in [9.17, 15) is 18.8 Å². The summed E-state index contributed by atoms with van der Waals surface area (Å²) in [6.07, 6.45) is 1.51. The average Bonchev–Trinajstić information content (AvgIpc) is 3.06. The second-order valence-corrected chi connectivity index (χ2v) is 11.0. The van der Waals surface area contributed by atoms with Crippen LogP contribution in [0.15, 0.2) is 102 Å². The Morgan fingerprint density at radius 2 is 1.36 bits per heavy atom. The van der Waals surface area contributed by atoms with Crippen LogP contribution in [0.25, 0.3) is 6.08 Å². The van der Waals surface area contributed by atoms with E-state index in [2.05, 4.69) is 16.0 Å². The molecule has 0 aliphatic carbocycles. The lowest BCUT2D eigenvalue weighted by atomic mass is 10.1. The molecule has 4 aromatic rings. The number of thioether (sulfide) groups is 1. The van der Waals surface area contributed by atoms with E-state index >= 15 is 0 Å². The third kappa shape index (κ3) is 8.87. The highest BCUT2D eigenvalue weighted by atomic mass is 32.2. The van der Waals surface area contributed by atoms with Crippen molar-refractivity contribution in [3.63, 3.8) is 0 Å². The summed E-state index contributed by atoms with van der Waals surface area (Å²) in [5.74, 6) is -0.511. The predicted molar refractivity (Wildman–Crippen MR) is 173 cm³/mol. The van der Waals surface area contributed by atoms with E-state index in [1.807, 2.05) is 0 Å². The van der Waals surface area contributed by atoms with Gasteiger partial charge in [-0.2, -0.15) is 0 Å². The number of benzene rings is 4. The van der Waals surface area contributed by atoms with Gasteiger partial charge in [-0.25, -0.2) is 4.39 Å². The highest BCUT2D eigenvalue weighted by Gasteiger charge is 2.19. The molecule has 0 heterocycles. The molecule has 3 N–H and O–H groups in total. The molecule has 0 bridgehead atoms. The zero-order valence-electron chi connectivity index (χ0n) is 25.1. The van der Waals surface area contributed by atoms with Gasteiger partial charge in [-0.1, -0.05) is 18.2 Å². The van der Waals surface area contributed by atoms with Crippen LogP contribution in [-0.4, -0.2) is 44.3 Å². The molecule has 1 unspecified atom stereocenters. The van der Waals surface area contributed by atoms with Gasteiger partial charge in [0.1, 0.15) is 11.5 Å². The van der Waals surface area contributed by atoms with Gasteiger partial charge in [0.25, 0.3) is 11.8 Å². The van der Waals surface area contributed by atoms with Crippen LogP contribution in [0.5, 0.6) is 17.2 Å². The number of hydrogen-bond donors (Lipinski definition) is 3. The first-order valence-corrected chi connectivity index (χ1v) is 14.6. The van der Waals surface area contributed by atoms with E-state index in [4.69, 9.17) is 14.2 Å². The molecular weight excluding hydrogens is 597 g/mol. The Hall–Kier alpha value is -5.29. The van der Waals surface area contributed by atoms with Crippen molar-refractivity contribution in [2.75, 3.05) is 32.0 Å². The second kappa shape index (κ2) is 15.4. The van der Waals surface area contributed by atoms with Crippen LogP contribution < -0.4 is 30.2 Å². The van der Waals surface area contributed by atoms with E-state index in [0.717, 1.165) is 4.90 Å². The number of halogens is 1. The third-order valence-electron chi connectivity index (χ3n) is 6.43. The molecule has 4 aromatic carbocycles. The van der Waals surface area contributed by atoms with Crippen molar-refractivity contribution >= 4 is 46.9 Å². The van der Waals surface area contributed by atoms with Crippen LogP contribution in [0.4, 0.5) is 15.8 Å². The van der Waals surface area contributed by atoms with E-state index in [0.29, 0.717) is 39.8 Å². The number of rotatable bonds is 12. The molecule has 45 heavy (non-hydrogen) atoms. The number of carbonyl (C=O) groups excluding carboxylic acids is 3. The molecule has 4 rings (SSSR count). The van der Waals surface area contributed by atoms with Crippen molar-refractivity contribution in [3.05, 3.63) is 114 Å². The molecule has 0 fully saturated rings. The summed E-state index contributed by atoms with van der Waals surface area (Å²) in [5.41, 5.74) is 1.84. The Morgan fingerprint density at radius 1 is 0.778 bits per heavy atom. The molecule has 232 valence electrons. The fourth-order valence-corrected chi connectivity index (χ4v) is 5.01. The smallest absolute Gasteiger partial charge is 0.272 e. The minimum atomic E-state index is -0.569. The lowest BCUT2D eigenvalue weighted by Crippen LogP contribution is -2.30. The minimum Gasteiger partial charge on any atom is -0.493 e. The fourth-order valence-electron chi connectivity index (χ4n) is 4.14. The van der Waals surface area contributed by atoms with E-state index in [1.54, 1.807) is 73.7 Å². The van der Waals surface area contributed by atoms with E-state index < -0.39 is 17.1 Å². The standard InChI is InChI=1S/C34H32FN3O6S/c1-21(32(39)36-25-12-10-24(35)11-13-25)45-27-16-14-26(15-17-27)37-34(41)28(38-33(40)23-8-6-5-7-9-23)18-22-19-29(42-2)31(44-4)30(20-22)43-3/h5-21H,1-4H3,(H,36,39)(H,37,41)(H,38,40)/b28-18-. The van der Waals surface area contributed by atoms with Crippen molar-refractivity contribution in [2.45, 2.75) is 17.1 Å². The van der Waals surface area contributed by atoms with Gasteiger partial charge in [0.05, 0.1) is 26.6 Å². The maximum absolute atomic E-state index is 13.5. The summed E-state index contributed by atoms with van der Waals surface area (Å²) in [5, 5.41) is 7.83. The van der Waals surface area contributed by atoms with Gasteiger partial charge < -0.3 is 30.2 Å². The largest absolute Gasteiger partial charge is 0.493 e. The van der Waals surface area contributed by atoms with Crippen molar-refractivity contribution in [2.24, 2.45) is 0 Å². The van der Waals surface area contributed by atoms with Gasteiger partial charge in [0.15, 0.2) is 11.5 Å². The second-order valence-electron chi connectivity index (χ2n) is 9.57. The van der Waals surface area contributed by atoms with E-state index in [-0.39, 0.29) is 17.4 Å². The average molecular weight is 630 g/mol. The molecule has 0 radical (unpaired) electrons. The monoisotopic (exact) mass is 629 g/mol. The Kier molecular flexibility index (Phi) is 11.2. The maximum Gasteiger partial charge on any atom is 0.272 e. The molecule has 11 heteroatoms. The van der Waals surface area contributed by atoms with Crippen LogP contribution in [0.3, 0.4) is 0 Å². The zero-order valence-corrected chi connectivity index (χ0v) is 25.9. The van der Waals surface area contributed by atoms with E-state index in [1.165, 1.54) is 63.4 Å². The first kappa shape index (κ1) is 32.6.